The third-order valence-electron chi connectivity index (χ3n) is 4.82. The maximum absolute atomic E-state index is 12.4. The minimum atomic E-state index is 0.0297. The zero-order valence-electron chi connectivity index (χ0n) is 13.3. The second-order valence-electron chi connectivity index (χ2n) is 6.59. The summed E-state index contributed by atoms with van der Waals surface area (Å²) in [5, 5.41) is 7.06. The van der Waals surface area contributed by atoms with Crippen LogP contribution in [0.2, 0.25) is 0 Å². The molecule has 1 heterocycles. The van der Waals surface area contributed by atoms with Gasteiger partial charge in [0, 0.05) is 22.7 Å². The van der Waals surface area contributed by atoms with Gasteiger partial charge in [0.2, 0.25) is 5.91 Å². The molecule has 0 aromatic heterocycles. The van der Waals surface area contributed by atoms with E-state index in [4.69, 9.17) is 0 Å². The van der Waals surface area contributed by atoms with Crippen molar-refractivity contribution in [2.75, 3.05) is 6.54 Å². The van der Waals surface area contributed by atoms with Crippen molar-refractivity contribution in [3.8, 4) is 0 Å². The van der Waals surface area contributed by atoms with E-state index < -0.39 is 0 Å². The maximum atomic E-state index is 12.4. The average Bonchev–Trinajstić information content (AvgIpc) is 2.98. The summed E-state index contributed by atoms with van der Waals surface area (Å²) < 4.78 is 0. The molecule has 1 aromatic carbocycles. The van der Waals surface area contributed by atoms with Crippen LogP contribution in [-0.4, -0.2) is 29.8 Å². The molecule has 2 N–H and O–H groups in total. The Kier molecular flexibility index (Phi) is 5.42. The van der Waals surface area contributed by atoms with Crippen LogP contribution in [0.4, 0.5) is 0 Å². The van der Waals surface area contributed by atoms with Crippen molar-refractivity contribution in [3.63, 3.8) is 0 Å². The number of thioether (sulfide) groups is 1. The van der Waals surface area contributed by atoms with Crippen molar-refractivity contribution >= 4 is 17.7 Å². The van der Waals surface area contributed by atoms with E-state index in [1.54, 1.807) is 0 Å². The summed E-state index contributed by atoms with van der Waals surface area (Å²) in [6.45, 7) is 2.89. The zero-order valence-corrected chi connectivity index (χ0v) is 14.1. The number of carbonyl (C=O) groups excluding carboxylic acids is 1. The van der Waals surface area contributed by atoms with Gasteiger partial charge in [0.25, 0.3) is 0 Å². The summed E-state index contributed by atoms with van der Waals surface area (Å²) in [7, 11) is 0. The number of benzene rings is 1. The Labute approximate surface area is 137 Å². The summed E-state index contributed by atoms with van der Waals surface area (Å²) in [6.07, 6.45) is 6.21. The minimum Gasteiger partial charge on any atom is -0.354 e. The summed E-state index contributed by atoms with van der Waals surface area (Å²) in [5.41, 5.74) is 0. The highest BCUT2D eigenvalue weighted by molar-refractivity contribution is 8.00. The van der Waals surface area contributed by atoms with Gasteiger partial charge >= 0.3 is 0 Å². The van der Waals surface area contributed by atoms with Crippen molar-refractivity contribution in [2.24, 2.45) is 5.92 Å². The number of nitrogens with one attached hydrogen (secondary N) is 2. The standard InChI is InChI=1S/C18H26N2OS/c1-13(22-15-8-3-2-4-9-15)12-19-18(21)17-11-14-7-5-6-10-16(14)20-17/h2-4,8-9,13-14,16-17,20H,5-7,10-12H2,1H3,(H,19,21). The predicted octanol–water partition coefficient (Wildman–Crippen LogP) is 3.20. The van der Waals surface area contributed by atoms with Gasteiger partial charge in [0.15, 0.2) is 0 Å². The van der Waals surface area contributed by atoms with Gasteiger partial charge in [-0.2, -0.15) is 0 Å². The molecule has 22 heavy (non-hydrogen) atoms. The van der Waals surface area contributed by atoms with Crippen LogP contribution in [0.1, 0.15) is 39.0 Å². The highest BCUT2D eigenvalue weighted by Crippen LogP contribution is 2.33. The molecule has 1 aliphatic carbocycles. The Balaban J connectivity index is 1.42. The van der Waals surface area contributed by atoms with Gasteiger partial charge in [0.05, 0.1) is 6.04 Å². The molecule has 0 bridgehead atoms. The molecular weight excluding hydrogens is 292 g/mol. The van der Waals surface area contributed by atoms with E-state index >= 15 is 0 Å². The minimum absolute atomic E-state index is 0.0297. The molecule has 4 unspecified atom stereocenters. The molecule has 0 spiro atoms. The summed E-state index contributed by atoms with van der Waals surface area (Å²) in [6, 6.07) is 11.0. The number of fused-ring (bicyclic) bond motifs is 1. The summed E-state index contributed by atoms with van der Waals surface area (Å²) in [5.74, 6) is 0.913. The first-order valence-electron chi connectivity index (χ1n) is 8.48. The Hall–Kier alpha value is -1.00. The first-order valence-corrected chi connectivity index (χ1v) is 9.36. The predicted molar refractivity (Wildman–Crippen MR) is 92.1 cm³/mol. The maximum Gasteiger partial charge on any atom is 0.237 e. The largest absolute Gasteiger partial charge is 0.354 e. The molecule has 0 radical (unpaired) electrons. The van der Waals surface area contributed by atoms with Crippen LogP contribution in [-0.2, 0) is 4.79 Å². The van der Waals surface area contributed by atoms with Gasteiger partial charge < -0.3 is 10.6 Å². The third-order valence-corrected chi connectivity index (χ3v) is 5.94. The average molecular weight is 318 g/mol. The number of hydrogen-bond donors (Lipinski definition) is 2. The van der Waals surface area contributed by atoms with Gasteiger partial charge in [-0.1, -0.05) is 38.0 Å². The van der Waals surface area contributed by atoms with Crippen LogP contribution in [0, 0.1) is 5.92 Å². The van der Waals surface area contributed by atoms with Crippen LogP contribution >= 0.6 is 11.8 Å². The van der Waals surface area contributed by atoms with Crippen molar-refractivity contribution in [3.05, 3.63) is 30.3 Å². The molecule has 1 aromatic rings. The smallest absolute Gasteiger partial charge is 0.237 e. The first-order chi connectivity index (χ1) is 10.7. The van der Waals surface area contributed by atoms with Crippen molar-refractivity contribution in [1.29, 1.82) is 0 Å². The van der Waals surface area contributed by atoms with Gasteiger partial charge in [0.1, 0.15) is 0 Å². The summed E-state index contributed by atoms with van der Waals surface area (Å²) in [4.78, 5) is 13.6. The Morgan fingerprint density at radius 1 is 1.32 bits per heavy atom. The highest BCUT2D eigenvalue weighted by Gasteiger charge is 2.38. The molecular formula is C18H26N2OS. The van der Waals surface area contributed by atoms with E-state index in [9.17, 15) is 4.79 Å². The van der Waals surface area contributed by atoms with Crippen molar-refractivity contribution < 1.29 is 4.79 Å². The molecule has 1 saturated heterocycles. The molecule has 4 heteroatoms. The Bertz CT molecular complexity index is 479. The fraction of sp³-hybridized carbons (Fsp3) is 0.611. The molecule has 1 aliphatic heterocycles. The van der Waals surface area contributed by atoms with E-state index in [0.717, 1.165) is 18.9 Å². The fourth-order valence-electron chi connectivity index (χ4n) is 3.66. The van der Waals surface area contributed by atoms with Crippen LogP contribution in [0.3, 0.4) is 0 Å². The second kappa shape index (κ2) is 7.51. The Morgan fingerprint density at radius 2 is 2.09 bits per heavy atom. The molecule has 4 atom stereocenters. The van der Waals surface area contributed by atoms with E-state index in [0.29, 0.717) is 11.3 Å². The zero-order chi connectivity index (χ0) is 15.4. The van der Waals surface area contributed by atoms with Crippen LogP contribution in [0.15, 0.2) is 35.2 Å². The number of amides is 1. The number of carbonyl (C=O) groups is 1. The number of rotatable bonds is 5. The normalized spacial score (nSPS) is 28.9. The lowest BCUT2D eigenvalue weighted by Crippen LogP contribution is -2.44. The summed E-state index contributed by atoms with van der Waals surface area (Å²) >= 11 is 1.81. The number of hydrogen-bond acceptors (Lipinski definition) is 3. The topological polar surface area (TPSA) is 41.1 Å². The molecule has 1 saturated carbocycles. The van der Waals surface area contributed by atoms with Gasteiger partial charge in [-0.05, 0) is 37.3 Å². The van der Waals surface area contributed by atoms with E-state index in [-0.39, 0.29) is 11.9 Å². The molecule has 2 fully saturated rings. The van der Waals surface area contributed by atoms with Gasteiger partial charge in [-0.15, -0.1) is 11.8 Å². The molecule has 1 amide bonds. The molecule has 120 valence electrons. The lowest BCUT2D eigenvalue weighted by Gasteiger charge is -2.24. The van der Waals surface area contributed by atoms with E-state index in [1.807, 2.05) is 17.8 Å². The molecule has 2 aliphatic rings. The van der Waals surface area contributed by atoms with Gasteiger partial charge in [-0.25, -0.2) is 0 Å². The van der Waals surface area contributed by atoms with Crippen molar-refractivity contribution in [1.82, 2.24) is 10.6 Å². The SMILES string of the molecule is CC(CNC(=O)C1CC2CCCCC2N1)Sc1ccccc1. The fourth-order valence-corrected chi connectivity index (χ4v) is 4.61. The first kappa shape index (κ1) is 15.9. The van der Waals surface area contributed by atoms with E-state index in [2.05, 4.69) is 41.8 Å². The van der Waals surface area contributed by atoms with E-state index in [1.165, 1.54) is 30.6 Å². The van der Waals surface area contributed by atoms with Crippen LogP contribution in [0.5, 0.6) is 0 Å². The highest BCUT2D eigenvalue weighted by atomic mass is 32.2. The van der Waals surface area contributed by atoms with Crippen LogP contribution in [0.25, 0.3) is 0 Å². The molecule has 3 rings (SSSR count). The Morgan fingerprint density at radius 3 is 2.86 bits per heavy atom. The second-order valence-corrected chi connectivity index (χ2v) is 8.10. The lowest BCUT2D eigenvalue weighted by molar-refractivity contribution is -0.122. The van der Waals surface area contributed by atoms with Crippen LogP contribution < -0.4 is 10.6 Å². The lowest BCUT2D eigenvalue weighted by atomic mass is 9.85. The quantitative estimate of drug-likeness (QED) is 0.819. The van der Waals surface area contributed by atoms with Crippen molar-refractivity contribution in [2.45, 2.75) is 61.3 Å². The van der Waals surface area contributed by atoms with Gasteiger partial charge in [-0.3, -0.25) is 4.79 Å². The third kappa shape index (κ3) is 4.05. The monoisotopic (exact) mass is 318 g/mol. The molecule has 3 nitrogen and oxygen atoms in total.